The summed E-state index contributed by atoms with van der Waals surface area (Å²) in [5, 5.41) is 0. The fourth-order valence-corrected chi connectivity index (χ4v) is 3.62. The summed E-state index contributed by atoms with van der Waals surface area (Å²) in [5.41, 5.74) is 6.74. The molecule has 1 fully saturated rings. The number of benzene rings is 1. The molecule has 0 spiro atoms. The van der Waals surface area contributed by atoms with E-state index in [4.69, 9.17) is 10.5 Å². The summed E-state index contributed by atoms with van der Waals surface area (Å²) < 4.78 is 5.77. The fourth-order valence-electron chi connectivity index (χ4n) is 2.32. The molecule has 0 saturated carbocycles. The molecule has 1 atom stereocenters. The van der Waals surface area contributed by atoms with Crippen molar-refractivity contribution in [1.29, 1.82) is 0 Å². The van der Waals surface area contributed by atoms with Gasteiger partial charge in [0.2, 0.25) is 0 Å². The maximum Gasteiger partial charge on any atom is 0.119 e. The molecule has 1 unspecified atom stereocenters. The lowest BCUT2D eigenvalue weighted by Crippen LogP contribution is -2.32. The zero-order valence-electron chi connectivity index (χ0n) is 11.7. The van der Waals surface area contributed by atoms with Gasteiger partial charge in [-0.25, -0.2) is 0 Å². The SMILES string of the molecule is CN(CCCOc1cccc(CN)c1)C1CCSC1. The van der Waals surface area contributed by atoms with Crippen LogP contribution in [-0.2, 0) is 6.54 Å². The molecule has 0 bridgehead atoms. The van der Waals surface area contributed by atoms with E-state index in [9.17, 15) is 0 Å². The molecular weight excluding hydrogens is 256 g/mol. The van der Waals surface area contributed by atoms with Crippen molar-refractivity contribution in [2.24, 2.45) is 5.73 Å². The molecule has 1 saturated heterocycles. The fraction of sp³-hybridized carbons (Fsp3) is 0.600. The van der Waals surface area contributed by atoms with E-state index in [-0.39, 0.29) is 0 Å². The summed E-state index contributed by atoms with van der Waals surface area (Å²) >= 11 is 2.07. The number of nitrogens with zero attached hydrogens (tertiary/aromatic N) is 1. The standard InChI is InChI=1S/C15H24N2OS/c1-17(14-6-9-19-12-14)7-3-8-18-15-5-2-4-13(10-15)11-16/h2,4-5,10,14H,3,6-9,11-12,16H2,1H3. The van der Waals surface area contributed by atoms with Crippen LogP contribution >= 0.6 is 11.8 Å². The van der Waals surface area contributed by atoms with E-state index in [0.29, 0.717) is 6.54 Å². The molecule has 1 aliphatic heterocycles. The molecule has 1 heterocycles. The van der Waals surface area contributed by atoms with Crippen LogP contribution in [0.2, 0.25) is 0 Å². The zero-order chi connectivity index (χ0) is 13.5. The molecule has 0 aliphatic carbocycles. The Balaban J connectivity index is 1.65. The van der Waals surface area contributed by atoms with Crippen LogP contribution in [0.4, 0.5) is 0 Å². The van der Waals surface area contributed by atoms with Crippen LogP contribution in [0.15, 0.2) is 24.3 Å². The number of thioether (sulfide) groups is 1. The van der Waals surface area contributed by atoms with Gasteiger partial charge in [0, 0.05) is 24.9 Å². The molecule has 1 aliphatic rings. The van der Waals surface area contributed by atoms with Gasteiger partial charge >= 0.3 is 0 Å². The second-order valence-corrected chi connectivity index (χ2v) is 6.20. The third-order valence-corrected chi connectivity index (χ3v) is 4.73. The maximum atomic E-state index is 5.77. The van der Waals surface area contributed by atoms with Crippen molar-refractivity contribution >= 4 is 11.8 Å². The topological polar surface area (TPSA) is 38.5 Å². The second-order valence-electron chi connectivity index (χ2n) is 5.05. The Hall–Kier alpha value is -0.710. The minimum Gasteiger partial charge on any atom is -0.494 e. The first-order valence-electron chi connectivity index (χ1n) is 6.99. The maximum absolute atomic E-state index is 5.77. The predicted molar refractivity (Wildman–Crippen MR) is 82.8 cm³/mol. The highest BCUT2D eigenvalue weighted by Crippen LogP contribution is 2.21. The Bertz CT molecular complexity index is 380. The molecule has 1 aromatic carbocycles. The van der Waals surface area contributed by atoms with E-state index >= 15 is 0 Å². The molecule has 2 N–H and O–H groups in total. The Morgan fingerprint density at radius 1 is 1.47 bits per heavy atom. The highest BCUT2D eigenvalue weighted by Gasteiger charge is 2.19. The van der Waals surface area contributed by atoms with Gasteiger partial charge in [-0.2, -0.15) is 11.8 Å². The van der Waals surface area contributed by atoms with E-state index in [1.54, 1.807) is 0 Å². The Morgan fingerprint density at radius 3 is 3.11 bits per heavy atom. The van der Waals surface area contributed by atoms with Crippen LogP contribution in [0, 0.1) is 0 Å². The first kappa shape index (κ1) is 14.7. The Kier molecular flexibility index (Phi) is 6.01. The molecule has 0 radical (unpaired) electrons. The third kappa shape index (κ3) is 4.71. The number of rotatable bonds is 7. The van der Waals surface area contributed by atoms with E-state index < -0.39 is 0 Å². The molecule has 0 aromatic heterocycles. The van der Waals surface area contributed by atoms with Crippen LogP contribution in [0.3, 0.4) is 0 Å². The summed E-state index contributed by atoms with van der Waals surface area (Å²) in [7, 11) is 2.23. The largest absolute Gasteiger partial charge is 0.494 e. The lowest BCUT2D eigenvalue weighted by molar-refractivity contribution is 0.227. The minimum absolute atomic E-state index is 0.569. The van der Waals surface area contributed by atoms with Gasteiger partial charge in [0.05, 0.1) is 6.61 Å². The van der Waals surface area contributed by atoms with Crippen molar-refractivity contribution in [3.8, 4) is 5.75 Å². The number of ether oxygens (including phenoxy) is 1. The first-order valence-corrected chi connectivity index (χ1v) is 8.15. The molecule has 1 aromatic rings. The quantitative estimate of drug-likeness (QED) is 0.778. The van der Waals surface area contributed by atoms with E-state index in [1.165, 1.54) is 17.9 Å². The second kappa shape index (κ2) is 7.78. The molecule has 4 heteroatoms. The lowest BCUT2D eigenvalue weighted by Gasteiger charge is -2.23. The van der Waals surface area contributed by atoms with Gasteiger partial charge in [0.25, 0.3) is 0 Å². The van der Waals surface area contributed by atoms with Crippen molar-refractivity contribution in [2.75, 3.05) is 31.7 Å². The van der Waals surface area contributed by atoms with Gasteiger partial charge < -0.3 is 15.4 Å². The smallest absolute Gasteiger partial charge is 0.119 e. The van der Waals surface area contributed by atoms with Gasteiger partial charge in [-0.3, -0.25) is 0 Å². The van der Waals surface area contributed by atoms with Gasteiger partial charge in [-0.1, -0.05) is 12.1 Å². The molecule has 0 amide bonds. The van der Waals surface area contributed by atoms with Crippen LogP contribution in [0.1, 0.15) is 18.4 Å². The van der Waals surface area contributed by atoms with Crippen molar-refractivity contribution in [1.82, 2.24) is 4.90 Å². The third-order valence-electron chi connectivity index (χ3n) is 3.59. The zero-order valence-corrected chi connectivity index (χ0v) is 12.5. The summed E-state index contributed by atoms with van der Waals surface area (Å²) in [5.74, 6) is 3.54. The van der Waals surface area contributed by atoms with Gasteiger partial charge in [0.15, 0.2) is 0 Å². The number of nitrogens with two attached hydrogens (primary N) is 1. The molecule has 2 rings (SSSR count). The average Bonchev–Trinajstić information content (AvgIpc) is 2.98. The van der Waals surface area contributed by atoms with Crippen molar-refractivity contribution < 1.29 is 4.74 Å². The highest BCUT2D eigenvalue weighted by molar-refractivity contribution is 7.99. The van der Waals surface area contributed by atoms with Crippen LogP contribution in [0.5, 0.6) is 5.75 Å². The average molecular weight is 280 g/mol. The first-order chi connectivity index (χ1) is 9.29. The van der Waals surface area contributed by atoms with Gasteiger partial charge in [0.1, 0.15) is 5.75 Å². The van der Waals surface area contributed by atoms with Crippen molar-refractivity contribution in [2.45, 2.75) is 25.4 Å². The Morgan fingerprint density at radius 2 is 2.37 bits per heavy atom. The number of hydrogen-bond donors (Lipinski definition) is 1. The monoisotopic (exact) mass is 280 g/mol. The molecule has 106 valence electrons. The van der Waals surface area contributed by atoms with Crippen molar-refractivity contribution in [3.05, 3.63) is 29.8 Å². The summed E-state index contributed by atoms with van der Waals surface area (Å²) in [6.45, 7) is 2.46. The van der Waals surface area contributed by atoms with Crippen LogP contribution in [0.25, 0.3) is 0 Å². The van der Waals surface area contributed by atoms with E-state index in [2.05, 4.69) is 23.7 Å². The summed E-state index contributed by atoms with van der Waals surface area (Å²) in [6, 6.07) is 8.82. The van der Waals surface area contributed by atoms with Crippen LogP contribution < -0.4 is 10.5 Å². The molecule has 19 heavy (non-hydrogen) atoms. The van der Waals surface area contributed by atoms with E-state index in [0.717, 1.165) is 36.9 Å². The summed E-state index contributed by atoms with van der Waals surface area (Å²) in [6.07, 6.45) is 2.41. The highest BCUT2D eigenvalue weighted by atomic mass is 32.2. The minimum atomic E-state index is 0.569. The molecular formula is C15H24N2OS. The number of hydrogen-bond acceptors (Lipinski definition) is 4. The van der Waals surface area contributed by atoms with Gasteiger partial charge in [-0.05, 0) is 43.3 Å². The Labute approximate surface area is 120 Å². The van der Waals surface area contributed by atoms with Gasteiger partial charge in [-0.15, -0.1) is 0 Å². The molecule has 3 nitrogen and oxygen atoms in total. The summed E-state index contributed by atoms with van der Waals surface area (Å²) in [4.78, 5) is 2.47. The normalized spacial score (nSPS) is 19.0. The van der Waals surface area contributed by atoms with E-state index in [1.807, 2.05) is 24.3 Å². The predicted octanol–water partition coefficient (Wildman–Crippen LogP) is 2.35. The van der Waals surface area contributed by atoms with Crippen molar-refractivity contribution in [3.63, 3.8) is 0 Å². The van der Waals surface area contributed by atoms with Crippen LogP contribution in [-0.4, -0.2) is 42.6 Å². The lowest BCUT2D eigenvalue weighted by atomic mass is 10.2.